The summed E-state index contributed by atoms with van der Waals surface area (Å²) in [7, 11) is 0. The second kappa shape index (κ2) is 8.94. The van der Waals surface area contributed by atoms with Gasteiger partial charge in [-0.25, -0.2) is 0 Å². The highest BCUT2D eigenvalue weighted by Crippen LogP contribution is 2.46. The fourth-order valence-corrected chi connectivity index (χ4v) is 4.06. The molecule has 0 amide bonds. The van der Waals surface area contributed by atoms with Crippen LogP contribution in [0.1, 0.15) is 43.9 Å². The maximum atomic E-state index is 10.4. The molecule has 4 rings (SSSR count). The van der Waals surface area contributed by atoms with E-state index in [9.17, 15) is 15.3 Å². The molecule has 2 atom stereocenters. The van der Waals surface area contributed by atoms with Crippen LogP contribution in [0.25, 0.3) is 10.8 Å². The topological polar surface area (TPSA) is 88.4 Å². The molecular weight excluding hydrogens is 396 g/mol. The normalized spacial score (nSPS) is 17.9. The van der Waals surface area contributed by atoms with Gasteiger partial charge in [-0.1, -0.05) is 38.1 Å². The maximum Gasteiger partial charge on any atom is 0.165 e. The minimum absolute atomic E-state index is 0.0648. The highest BCUT2D eigenvalue weighted by Gasteiger charge is 2.36. The van der Waals surface area contributed by atoms with Crippen LogP contribution in [-0.2, 0) is 11.2 Å². The molecule has 3 N–H and O–H groups in total. The van der Waals surface area contributed by atoms with Crippen molar-refractivity contribution < 1.29 is 29.5 Å². The SMILES string of the molecule is CCCOc1cc(O)cc2c1C[C@H](OCCC)[C@@H](c1cc(O)c(O)c3ccccc13)O2. The van der Waals surface area contributed by atoms with E-state index in [0.29, 0.717) is 36.5 Å². The van der Waals surface area contributed by atoms with Crippen LogP contribution in [0.4, 0.5) is 0 Å². The number of hydrogen-bond donors (Lipinski definition) is 3. The van der Waals surface area contributed by atoms with Gasteiger partial charge < -0.3 is 29.5 Å². The van der Waals surface area contributed by atoms with Crippen molar-refractivity contribution in [3.8, 4) is 28.7 Å². The summed E-state index contributed by atoms with van der Waals surface area (Å²) in [6, 6.07) is 12.1. The predicted molar refractivity (Wildman–Crippen MR) is 118 cm³/mol. The van der Waals surface area contributed by atoms with E-state index in [1.54, 1.807) is 18.2 Å². The molecule has 1 aliphatic heterocycles. The lowest BCUT2D eigenvalue weighted by molar-refractivity contribution is -0.0375. The third-order valence-corrected chi connectivity index (χ3v) is 5.48. The van der Waals surface area contributed by atoms with E-state index in [-0.39, 0.29) is 23.4 Å². The molecule has 0 aromatic heterocycles. The van der Waals surface area contributed by atoms with Crippen LogP contribution in [0.3, 0.4) is 0 Å². The Balaban J connectivity index is 1.83. The van der Waals surface area contributed by atoms with Gasteiger partial charge in [0.05, 0.1) is 6.61 Å². The van der Waals surface area contributed by atoms with Gasteiger partial charge in [-0.05, 0) is 24.3 Å². The first-order valence-corrected chi connectivity index (χ1v) is 10.7. The van der Waals surface area contributed by atoms with Crippen LogP contribution in [-0.4, -0.2) is 34.6 Å². The summed E-state index contributed by atoms with van der Waals surface area (Å²) in [5.74, 6) is 0.826. The smallest absolute Gasteiger partial charge is 0.165 e. The fourth-order valence-electron chi connectivity index (χ4n) is 4.06. The molecule has 0 aliphatic carbocycles. The Kier molecular flexibility index (Phi) is 6.09. The first-order valence-electron chi connectivity index (χ1n) is 10.7. The van der Waals surface area contributed by atoms with Gasteiger partial charge >= 0.3 is 0 Å². The quantitative estimate of drug-likeness (QED) is 0.451. The molecule has 1 aliphatic rings. The average molecular weight is 424 g/mol. The number of ether oxygens (including phenoxy) is 3. The van der Waals surface area contributed by atoms with Crippen LogP contribution in [0.15, 0.2) is 42.5 Å². The molecule has 0 fully saturated rings. The first kappa shape index (κ1) is 21.1. The van der Waals surface area contributed by atoms with Crippen molar-refractivity contribution in [2.75, 3.05) is 13.2 Å². The number of phenols is 3. The molecule has 6 nitrogen and oxygen atoms in total. The maximum absolute atomic E-state index is 10.4. The second-order valence-electron chi connectivity index (χ2n) is 7.80. The van der Waals surface area contributed by atoms with Crippen molar-refractivity contribution in [1.29, 1.82) is 0 Å². The molecule has 6 heteroatoms. The van der Waals surface area contributed by atoms with Crippen molar-refractivity contribution in [3.63, 3.8) is 0 Å². The van der Waals surface area contributed by atoms with Crippen LogP contribution < -0.4 is 9.47 Å². The van der Waals surface area contributed by atoms with Crippen molar-refractivity contribution in [3.05, 3.63) is 53.6 Å². The Morgan fingerprint density at radius 3 is 2.45 bits per heavy atom. The van der Waals surface area contributed by atoms with Crippen molar-refractivity contribution in [1.82, 2.24) is 0 Å². The monoisotopic (exact) mass is 424 g/mol. The molecule has 0 saturated carbocycles. The molecule has 3 aromatic rings. The van der Waals surface area contributed by atoms with E-state index in [4.69, 9.17) is 14.2 Å². The first-order chi connectivity index (χ1) is 15.0. The molecule has 0 unspecified atom stereocenters. The summed E-state index contributed by atoms with van der Waals surface area (Å²) >= 11 is 0. The highest BCUT2D eigenvalue weighted by atomic mass is 16.5. The van der Waals surface area contributed by atoms with Gasteiger partial charge in [0.15, 0.2) is 17.6 Å². The Morgan fingerprint density at radius 2 is 1.71 bits per heavy atom. The van der Waals surface area contributed by atoms with Gasteiger partial charge in [0.2, 0.25) is 0 Å². The molecule has 0 spiro atoms. The fraction of sp³-hybridized carbons (Fsp3) is 0.360. The molecular formula is C25H28O6. The Labute approximate surface area is 181 Å². The molecule has 0 bridgehead atoms. The summed E-state index contributed by atoms with van der Waals surface area (Å²) in [6.45, 7) is 5.17. The number of aromatic hydroxyl groups is 3. The van der Waals surface area contributed by atoms with Crippen LogP contribution in [0.5, 0.6) is 28.7 Å². The van der Waals surface area contributed by atoms with E-state index < -0.39 is 6.10 Å². The minimum atomic E-state index is -0.531. The number of phenolic OH excluding ortho intramolecular Hbond substituents is 3. The van der Waals surface area contributed by atoms with Gasteiger partial charge in [-0.3, -0.25) is 0 Å². The number of fused-ring (bicyclic) bond motifs is 2. The van der Waals surface area contributed by atoms with E-state index in [2.05, 4.69) is 0 Å². The van der Waals surface area contributed by atoms with Gasteiger partial charge in [0.25, 0.3) is 0 Å². The number of benzene rings is 3. The van der Waals surface area contributed by atoms with Gasteiger partial charge in [-0.15, -0.1) is 0 Å². The van der Waals surface area contributed by atoms with Crippen LogP contribution in [0, 0.1) is 0 Å². The second-order valence-corrected chi connectivity index (χ2v) is 7.80. The van der Waals surface area contributed by atoms with Gasteiger partial charge in [-0.2, -0.15) is 0 Å². The highest BCUT2D eigenvalue weighted by molar-refractivity contribution is 5.93. The summed E-state index contributed by atoms with van der Waals surface area (Å²) in [6.07, 6.45) is 1.38. The zero-order chi connectivity index (χ0) is 22.0. The molecule has 0 radical (unpaired) electrons. The number of hydrogen-bond acceptors (Lipinski definition) is 6. The van der Waals surface area contributed by atoms with Gasteiger partial charge in [0.1, 0.15) is 23.4 Å². The Hall–Kier alpha value is -3.12. The molecule has 164 valence electrons. The lowest BCUT2D eigenvalue weighted by Crippen LogP contribution is -2.33. The molecule has 3 aromatic carbocycles. The Morgan fingerprint density at radius 1 is 0.968 bits per heavy atom. The summed E-state index contributed by atoms with van der Waals surface area (Å²) < 4.78 is 18.4. The zero-order valence-corrected chi connectivity index (χ0v) is 17.8. The largest absolute Gasteiger partial charge is 0.508 e. The number of rotatable bonds is 7. The average Bonchev–Trinajstić information content (AvgIpc) is 2.78. The van der Waals surface area contributed by atoms with E-state index >= 15 is 0 Å². The molecule has 31 heavy (non-hydrogen) atoms. The van der Waals surface area contributed by atoms with E-state index in [0.717, 1.165) is 29.4 Å². The predicted octanol–water partition coefficient (Wildman–Crippen LogP) is 5.22. The van der Waals surface area contributed by atoms with E-state index in [1.807, 2.05) is 32.0 Å². The van der Waals surface area contributed by atoms with Gasteiger partial charge in [0, 0.05) is 41.7 Å². The summed E-state index contributed by atoms with van der Waals surface area (Å²) in [5.41, 5.74) is 1.58. The van der Waals surface area contributed by atoms with Crippen LogP contribution in [0.2, 0.25) is 0 Å². The summed E-state index contributed by atoms with van der Waals surface area (Å²) in [4.78, 5) is 0. The lowest BCUT2D eigenvalue weighted by atomic mass is 9.90. The van der Waals surface area contributed by atoms with Crippen LogP contribution >= 0.6 is 0 Å². The molecule has 1 heterocycles. The van der Waals surface area contributed by atoms with Crippen molar-refractivity contribution in [2.45, 2.75) is 45.3 Å². The molecule has 0 saturated heterocycles. The third-order valence-electron chi connectivity index (χ3n) is 5.48. The minimum Gasteiger partial charge on any atom is -0.508 e. The Bertz CT molecular complexity index is 1080. The zero-order valence-electron chi connectivity index (χ0n) is 17.8. The summed E-state index contributed by atoms with van der Waals surface area (Å²) in [5, 5.41) is 32.2. The van der Waals surface area contributed by atoms with E-state index in [1.165, 1.54) is 6.07 Å². The van der Waals surface area contributed by atoms with Crippen molar-refractivity contribution in [2.24, 2.45) is 0 Å². The third kappa shape index (κ3) is 4.08. The lowest BCUT2D eigenvalue weighted by Gasteiger charge is -2.35. The standard InChI is InChI=1S/C25H28O6/c1-3-9-29-21-11-15(26)12-22-19(21)14-23(30-10-4-2)25(31-22)18-13-20(27)24(28)17-8-6-5-7-16(17)18/h5-8,11-13,23,25-28H,3-4,9-10,14H2,1-2H3/t23-,25+/m0/s1. The van der Waals surface area contributed by atoms with Crippen molar-refractivity contribution >= 4 is 10.8 Å².